The molecular weight excluding hydrogens is 318 g/mol. The van der Waals surface area contributed by atoms with Gasteiger partial charge >= 0.3 is 0 Å². The summed E-state index contributed by atoms with van der Waals surface area (Å²) in [5, 5.41) is 5.29. The topological polar surface area (TPSA) is 103 Å². The molecule has 1 aliphatic rings. The van der Waals surface area contributed by atoms with Crippen LogP contribution < -0.4 is 4.72 Å². The van der Waals surface area contributed by atoms with Crippen LogP contribution in [-0.2, 0) is 20.9 Å². The van der Waals surface area contributed by atoms with Gasteiger partial charge in [0.15, 0.2) is 6.61 Å². The molecular formula is C14H21N5O3S. The van der Waals surface area contributed by atoms with E-state index in [2.05, 4.69) is 19.8 Å². The highest BCUT2D eigenvalue weighted by molar-refractivity contribution is 7.90. The molecule has 2 heterocycles. The van der Waals surface area contributed by atoms with Gasteiger partial charge in [0.1, 0.15) is 10.4 Å². The Morgan fingerprint density at radius 2 is 2.04 bits per heavy atom. The van der Waals surface area contributed by atoms with Gasteiger partial charge in [0.2, 0.25) is 0 Å². The van der Waals surface area contributed by atoms with Gasteiger partial charge in [-0.3, -0.25) is 9.78 Å². The second-order valence-corrected chi connectivity index (χ2v) is 8.12. The molecule has 0 saturated heterocycles. The molecule has 9 heteroatoms. The van der Waals surface area contributed by atoms with E-state index in [0.717, 1.165) is 0 Å². The van der Waals surface area contributed by atoms with E-state index in [1.54, 1.807) is 13.2 Å². The lowest BCUT2D eigenvalue weighted by Crippen LogP contribution is -2.41. The fourth-order valence-electron chi connectivity index (χ4n) is 1.78. The van der Waals surface area contributed by atoms with Crippen molar-refractivity contribution in [2.24, 2.45) is 5.10 Å². The SMILES string of the molecule is C[C@@H](N[S+]([O-])C(C)(C)C)c1nccnc1C1=NN(C)C(=O)CO1. The Hall–Kier alpha value is -1.71. The highest BCUT2D eigenvalue weighted by Crippen LogP contribution is 2.21. The Labute approximate surface area is 138 Å². The zero-order valence-electron chi connectivity index (χ0n) is 13.9. The van der Waals surface area contributed by atoms with Crippen LogP contribution in [0.5, 0.6) is 0 Å². The molecule has 1 N–H and O–H groups in total. The van der Waals surface area contributed by atoms with Gasteiger partial charge in [0, 0.05) is 30.8 Å². The van der Waals surface area contributed by atoms with Crippen LogP contribution in [-0.4, -0.2) is 49.7 Å². The van der Waals surface area contributed by atoms with Crippen LogP contribution in [0.4, 0.5) is 0 Å². The number of carbonyl (C=O) groups excluding carboxylic acids is 1. The van der Waals surface area contributed by atoms with Gasteiger partial charge < -0.3 is 9.29 Å². The maximum Gasteiger partial charge on any atom is 0.280 e. The third-order valence-electron chi connectivity index (χ3n) is 3.11. The van der Waals surface area contributed by atoms with Crippen LogP contribution in [0.3, 0.4) is 0 Å². The Balaban J connectivity index is 2.27. The summed E-state index contributed by atoms with van der Waals surface area (Å²) in [5.74, 6) is -0.00964. The van der Waals surface area contributed by atoms with Crippen LogP contribution in [0.1, 0.15) is 45.1 Å². The van der Waals surface area contributed by atoms with Crippen molar-refractivity contribution in [1.29, 1.82) is 0 Å². The summed E-state index contributed by atoms with van der Waals surface area (Å²) >= 11 is -1.26. The van der Waals surface area contributed by atoms with E-state index >= 15 is 0 Å². The number of nitrogens with zero attached hydrogens (tertiary/aromatic N) is 4. The zero-order valence-corrected chi connectivity index (χ0v) is 14.7. The highest BCUT2D eigenvalue weighted by atomic mass is 32.2. The number of ether oxygens (including phenoxy) is 1. The Morgan fingerprint density at radius 1 is 1.39 bits per heavy atom. The summed E-state index contributed by atoms with van der Waals surface area (Å²) in [6.07, 6.45) is 3.07. The van der Waals surface area contributed by atoms with Gasteiger partial charge in [-0.05, 0) is 27.7 Å². The molecule has 1 aromatic rings. The smallest absolute Gasteiger partial charge is 0.280 e. The number of amides is 1. The van der Waals surface area contributed by atoms with Crippen molar-refractivity contribution in [3.63, 3.8) is 0 Å². The maximum absolute atomic E-state index is 12.3. The first-order valence-electron chi connectivity index (χ1n) is 7.17. The summed E-state index contributed by atoms with van der Waals surface area (Å²) in [4.78, 5) is 20.0. The Bertz CT molecular complexity index is 617. The Kier molecular flexibility index (Phi) is 5.23. The van der Waals surface area contributed by atoms with Crippen molar-refractivity contribution in [3.05, 3.63) is 23.8 Å². The molecule has 0 aromatic carbocycles. The molecule has 1 aliphatic heterocycles. The van der Waals surface area contributed by atoms with E-state index in [4.69, 9.17) is 4.74 Å². The average molecular weight is 339 g/mol. The van der Waals surface area contributed by atoms with Crippen molar-refractivity contribution in [3.8, 4) is 0 Å². The summed E-state index contributed by atoms with van der Waals surface area (Å²) in [6, 6.07) is -0.326. The fraction of sp³-hybridized carbons (Fsp3) is 0.571. The normalized spacial score (nSPS) is 18.3. The molecule has 8 nitrogen and oxygen atoms in total. The van der Waals surface area contributed by atoms with Gasteiger partial charge in [-0.1, -0.05) is 0 Å². The molecule has 0 spiro atoms. The van der Waals surface area contributed by atoms with Crippen LogP contribution in [0.25, 0.3) is 0 Å². The summed E-state index contributed by atoms with van der Waals surface area (Å²) in [5.41, 5.74) is 0.990. The molecule has 1 aromatic heterocycles. The molecule has 0 bridgehead atoms. The van der Waals surface area contributed by atoms with Crippen molar-refractivity contribution in [1.82, 2.24) is 19.7 Å². The number of carbonyl (C=O) groups is 1. The predicted molar refractivity (Wildman–Crippen MR) is 86.7 cm³/mol. The van der Waals surface area contributed by atoms with E-state index in [-0.39, 0.29) is 24.5 Å². The van der Waals surface area contributed by atoms with E-state index in [0.29, 0.717) is 11.4 Å². The van der Waals surface area contributed by atoms with Gasteiger partial charge in [-0.15, -0.1) is 9.82 Å². The minimum Gasteiger partial charge on any atom is -0.598 e. The molecule has 126 valence electrons. The molecule has 0 radical (unpaired) electrons. The number of hydrogen-bond donors (Lipinski definition) is 1. The minimum atomic E-state index is -1.26. The second-order valence-electron chi connectivity index (χ2n) is 6.12. The second kappa shape index (κ2) is 6.81. The van der Waals surface area contributed by atoms with Crippen LogP contribution >= 0.6 is 0 Å². The first kappa shape index (κ1) is 17.6. The first-order valence-corrected chi connectivity index (χ1v) is 8.32. The lowest BCUT2D eigenvalue weighted by atomic mass is 10.2. The highest BCUT2D eigenvalue weighted by Gasteiger charge is 2.31. The molecule has 1 amide bonds. The minimum absolute atomic E-state index is 0.0962. The predicted octanol–water partition coefficient (Wildman–Crippen LogP) is 0.740. The summed E-state index contributed by atoms with van der Waals surface area (Å²) in [6.45, 7) is 7.40. The molecule has 0 aliphatic carbocycles. The largest absolute Gasteiger partial charge is 0.598 e. The molecule has 2 rings (SSSR count). The zero-order chi connectivity index (χ0) is 17.2. The molecule has 1 unspecified atom stereocenters. The number of hydrogen-bond acceptors (Lipinski definition) is 7. The van der Waals surface area contributed by atoms with Gasteiger partial charge in [0.05, 0.1) is 11.7 Å². The van der Waals surface area contributed by atoms with Crippen molar-refractivity contribution in [2.75, 3.05) is 13.7 Å². The Morgan fingerprint density at radius 3 is 2.65 bits per heavy atom. The number of hydrazone groups is 1. The fourth-order valence-corrected chi connectivity index (χ4v) is 2.57. The van der Waals surface area contributed by atoms with E-state index < -0.39 is 16.1 Å². The molecule has 0 saturated carbocycles. The first-order chi connectivity index (χ1) is 10.7. The van der Waals surface area contributed by atoms with Gasteiger partial charge in [-0.25, -0.2) is 9.99 Å². The quantitative estimate of drug-likeness (QED) is 0.812. The van der Waals surface area contributed by atoms with Crippen molar-refractivity contribution >= 4 is 23.2 Å². The third kappa shape index (κ3) is 4.18. The van der Waals surface area contributed by atoms with Crippen LogP contribution in [0.15, 0.2) is 17.5 Å². The number of aromatic nitrogens is 2. The molecule has 0 fully saturated rings. The number of nitrogens with one attached hydrogen (secondary N) is 1. The average Bonchev–Trinajstić information content (AvgIpc) is 2.49. The number of rotatable bonds is 4. The van der Waals surface area contributed by atoms with Crippen molar-refractivity contribution < 1.29 is 14.1 Å². The monoisotopic (exact) mass is 339 g/mol. The van der Waals surface area contributed by atoms with E-state index in [9.17, 15) is 9.35 Å². The standard InChI is InChI=1S/C14H21N5O3S/c1-9(18-23(21)14(2,3)4)11-12(16-7-6-15-11)13-17-19(5)10(20)8-22-13/h6-7,9,18H,8H2,1-5H3/t9-,23?/m1/s1. The lowest BCUT2D eigenvalue weighted by molar-refractivity contribution is -0.134. The lowest BCUT2D eigenvalue weighted by Gasteiger charge is -2.27. The molecule has 2 atom stereocenters. The van der Waals surface area contributed by atoms with E-state index in [1.165, 1.54) is 11.2 Å². The van der Waals surface area contributed by atoms with Crippen molar-refractivity contribution in [2.45, 2.75) is 38.5 Å². The third-order valence-corrected chi connectivity index (χ3v) is 4.79. The van der Waals surface area contributed by atoms with Gasteiger partial charge in [0.25, 0.3) is 11.8 Å². The maximum atomic E-state index is 12.3. The number of likely N-dealkylation sites (N-methyl/N-ethyl adjacent to an activating group) is 1. The van der Waals surface area contributed by atoms with Crippen LogP contribution in [0.2, 0.25) is 0 Å². The van der Waals surface area contributed by atoms with Crippen LogP contribution in [0, 0.1) is 0 Å². The van der Waals surface area contributed by atoms with E-state index in [1.807, 2.05) is 27.7 Å². The summed E-state index contributed by atoms with van der Waals surface area (Å²) < 4.78 is 20.2. The van der Waals surface area contributed by atoms with Gasteiger partial charge in [-0.2, -0.15) is 0 Å². The molecule has 23 heavy (non-hydrogen) atoms. The summed E-state index contributed by atoms with van der Waals surface area (Å²) in [7, 11) is 1.55.